The van der Waals surface area contributed by atoms with Gasteiger partial charge in [0, 0.05) is 12.3 Å². The SMILES string of the molecule is O=c1ccccn1OCO. The van der Waals surface area contributed by atoms with Crippen LogP contribution >= 0.6 is 0 Å². The van der Waals surface area contributed by atoms with E-state index in [4.69, 9.17) is 5.11 Å². The lowest BCUT2D eigenvalue weighted by molar-refractivity contribution is -0.0161. The van der Waals surface area contributed by atoms with E-state index < -0.39 is 6.79 Å². The van der Waals surface area contributed by atoms with Crippen molar-refractivity contribution in [1.29, 1.82) is 0 Å². The van der Waals surface area contributed by atoms with Crippen molar-refractivity contribution in [1.82, 2.24) is 4.73 Å². The van der Waals surface area contributed by atoms with Crippen LogP contribution in [0.1, 0.15) is 0 Å². The van der Waals surface area contributed by atoms with Crippen molar-refractivity contribution in [3.63, 3.8) is 0 Å². The number of rotatable bonds is 2. The number of aliphatic hydroxyl groups excluding tert-OH is 1. The fraction of sp³-hybridized carbons (Fsp3) is 0.167. The molecule has 0 amide bonds. The summed E-state index contributed by atoms with van der Waals surface area (Å²) < 4.78 is 0.958. The van der Waals surface area contributed by atoms with Gasteiger partial charge >= 0.3 is 0 Å². The Morgan fingerprint density at radius 1 is 1.60 bits per heavy atom. The molecule has 0 saturated heterocycles. The fourth-order valence-electron chi connectivity index (χ4n) is 0.582. The third-order valence-corrected chi connectivity index (χ3v) is 0.985. The van der Waals surface area contributed by atoms with Crippen LogP contribution in [-0.4, -0.2) is 16.6 Å². The van der Waals surface area contributed by atoms with Crippen molar-refractivity contribution in [2.75, 3.05) is 6.79 Å². The van der Waals surface area contributed by atoms with E-state index in [0.29, 0.717) is 0 Å². The van der Waals surface area contributed by atoms with Crippen LogP contribution in [0.15, 0.2) is 29.2 Å². The highest BCUT2D eigenvalue weighted by Gasteiger charge is 1.88. The molecule has 4 nitrogen and oxygen atoms in total. The summed E-state index contributed by atoms with van der Waals surface area (Å²) in [6.45, 7) is -0.496. The van der Waals surface area contributed by atoms with Crippen LogP contribution in [0.5, 0.6) is 0 Å². The van der Waals surface area contributed by atoms with E-state index in [2.05, 4.69) is 4.84 Å². The zero-order valence-corrected chi connectivity index (χ0v) is 5.23. The second-order valence-electron chi connectivity index (χ2n) is 1.62. The van der Waals surface area contributed by atoms with Gasteiger partial charge in [-0.2, -0.15) is 0 Å². The van der Waals surface area contributed by atoms with Crippen LogP contribution < -0.4 is 10.4 Å². The summed E-state index contributed by atoms with van der Waals surface area (Å²) in [5.41, 5.74) is -0.295. The maximum absolute atomic E-state index is 10.7. The molecule has 0 aliphatic rings. The third-order valence-electron chi connectivity index (χ3n) is 0.985. The second-order valence-corrected chi connectivity index (χ2v) is 1.62. The lowest BCUT2D eigenvalue weighted by Crippen LogP contribution is -2.25. The molecule has 0 aromatic carbocycles. The Bertz CT molecular complexity index is 255. The van der Waals surface area contributed by atoms with E-state index in [9.17, 15) is 4.79 Å². The highest BCUT2D eigenvalue weighted by molar-refractivity contribution is 4.91. The smallest absolute Gasteiger partial charge is 0.283 e. The Labute approximate surface area is 57.2 Å². The predicted molar refractivity (Wildman–Crippen MR) is 34.4 cm³/mol. The summed E-state index contributed by atoms with van der Waals surface area (Å²) in [5, 5.41) is 8.26. The molecular weight excluding hydrogens is 134 g/mol. The summed E-state index contributed by atoms with van der Waals surface area (Å²) in [4.78, 5) is 15.2. The molecule has 0 aliphatic heterocycles. The van der Waals surface area contributed by atoms with Gasteiger partial charge in [0.15, 0.2) is 0 Å². The molecule has 0 bridgehead atoms. The maximum Gasteiger partial charge on any atom is 0.283 e. The van der Waals surface area contributed by atoms with Gasteiger partial charge in [-0.1, -0.05) is 6.07 Å². The molecule has 4 heteroatoms. The van der Waals surface area contributed by atoms with E-state index in [1.54, 1.807) is 12.1 Å². The van der Waals surface area contributed by atoms with Gasteiger partial charge in [-0.25, -0.2) is 0 Å². The first kappa shape index (κ1) is 6.82. The Kier molecular flexibility index (Phi) is 2.07. The van der Waals surface area contributed by atoms with Crippen LogP contribution in [0.3, 0.4) is 0 Å². The number of pyridine rings is 1. The largest absolute Gasteiger partial charge is 0.382 e. The maximum atomic E-state index is 10.7. The minimum Gasteiger partial charge on any atom is -0.382 e. The summed E-state index contributed by atoms with van der Waals surface area (Å²) in [7, 11) is 0. The van der Waals surface area contributed by atoms with Gasteiger partial charge in [0.2, 0.25) is 6.79 Å². The van der Waals surface area contributed by atoms with Crippen LogP contribution in [0.4, 0.5) is 0 Å². The molecular formula is C6H7NO3. The first-order valence-corrected chi connectivity index (χ1v) is 2.76. The van der Waals surface area contributed by atoms with E-state index in [1.807, 2.05) is 0 Å². The van der Waals surface area contributed by atoms with Gasteiger partial charge < -0.3 is 9.94 Å². The normalized spacial score (nSPS) is 9.30. The summed E-state index contributed by atoms with van der Waals surface area (Å²) in [6, 6.07) is 4.58. The Morgan fingerprint density at radius 2 is 2.40 bits per heavy atom. The van der Waals surface area contributed by atoms with Crippen molar-refractivity contribution in [3.05, 3.63) is 34.7 Å². The molecule has 0 radical (unpaired) electrons. The molecule has 0 atom stereocenters. The van der Waals surface area contributed by atoms with Gasteiger partial charge in [-0.05, 0) is 6.07 Å². The van der Waals surface area contributed by atoms with Crippen molar-refractivity contribution < 1.29 is 9.94 Å². The summed E-state index contributed by atoms with van der Waals surface area (Å²) >= 11 is 0. The summed E-state index contributed by atoms with van der Waals surface area (Å²) in [6.07, 6.45) is 1.43. The third kappa shape index (κ3) is 1.35. The van der Waals surface area contributed by atoms with Gasteiger partial charge in [0.25, 0.3) is 5.56 Å². The summed E-state index contributed by atoms with van der Waals surface area (Å²) in [5.74, 6) is 0. The number of aromatic nitrogens is 1. The molecule has 1 aromatic rings. The van der Waals surface area contributed by atoms with E-state index in [0.717, 1.165) is 4.73 Å². The molecule has 1 N–H and O–H groups in total. The Hall–Kier alpha value is -1.29. The van der Waals surface area contributed by atoms with Crippen molar-refractivity contribution in [3.8, 4) is 0 Å². The van der Waals surface area contributed by atoms with Crippen LogP contribution in [-0.2, 0) is 0 Å². The van der Waals surface area contributed by atoms with E-state index in [1.165, 1.54) is 12.3 Å². The average Bonchev–Trinajstić information content (AvgIpc) is 1.94. The molecule has 1 heterocycles. The standard InChI is InChI=1S/C6H7NO3/c8-5-10-7-4-2-1-3-6(7)9/h1-4,8H,5H2. The van der Waals surface area contributed by atoms with Crippen molar-refractivity contribution in [2.45, 2.75) is 0 Å². The molecule has 10 heavy (non-hydrogen) atoms. The number of aliphatic hydroxyl groups is 1. The lowest BCUT2D eigenvalue weighted by Gasteiger charge is -2.01. The van der Waals surface area contributed by atoms with Crippen LogP contribution in [0.2, 0.25) is 0 Å². The predicted octanol–water partition coefficient (Wildman–Crippen LogP) is -0.773. The Morgan fingerprint density at radius 3 is 3.00 bits per heavy atom. The monoisotopic (exact) mass is 141 g/mol. The quantitative estimate of drug-likeness (QED) is 0.550. The molecule has 0 spiro atoms. The molecule has 54 valence electrons. The van der Waals surface area contributed by atoms with Crippen LogP contribution in [0, 0.1) is 0 Å². The molecule has 1 aromatic heterocycles. The first-order chi connectivity index (χ1) is 4.84. The molecule has 0 fully saturated rings. The molecule has 0 aliphatic carbocycles. The number of hydrogen-bond donors (Lipinski definition) is 1. The van der Waals surface area contributed by atoms with Crippen LogP contribution in [0.25, 0.3) is 0 Å². The fourth-order valence-corrected chi connectivity index (χ4v) is 0.582. The van der Waals surface area contributed by atoms with Crippen molar-refractivity contribution >= 4 is 0 Å². The van der Waals surface area contributed by atoms with E-state index >= 15 is 0 Å². The van der Waals surface area contributed by atoms with Gasteiger partial charge in [-0.3, -0.25) is 4.79 Å². The highest BCUT2D eigenvalue weighted by Crippen LogP contribution is 1.75. The second kappa shape index (κ2) is 3.03. The number of nitrogens with zero attached hydrogens (tertiary/aromatic N) is 1. The average molecular weight is 141 g/mol. The zero-order chi connectivity index (χ0) is 7.40. The molecule has 1 rings (SSSR count). The Balaban J connectivity index is 2.92. The van der Waals surface area contributed by atoms with Gasteiger partial charge in [0.1, 0.15) is 0 Å². The minimum atomic E-state index is -0.496. The minimum absolute atomic E-state index is 0.295. The molecule has 0 unspecified atom stereocenters. The zero-order valence-electron chi connectivity index (χ0n) is 5.23. The topological polar surface area (TPSA) is 51.5 Å². The van der Waals surface area contributed by atoms with Crippen molar-refractivity contribution in [2.24, 2.45) is 0 Å². The van der Waals surface area contributed by atoms with E-state index in [-0.39, 0.29) is 5.56 Å². The molecule has 0 saturated carbocycles. The van der Waals surface area contributed by atoms with Gasteiger partial charge in [-0.15, -0.1) is 4.73 Å². The number of hydrogen-bond acceptors (Lipinski definition) is 3. The lowest BCUT2D eigenvalue weighted by atomic mass is 10.5. The van der Waals surface area contributed by atoms with Gasteiger partial charge in [0.05, 0.1) is 0 Å². The highest BCUT2D eigenvalue weighted by atomic mass is 16.7. The first-order valence-electron chi connectivity index (χ1n) is 2.76.